The summed E-state index contributed by atoms with van der Waals surface area (Å²) in [5.74, 6) is 1.27. The fraction of sp³-hybridized carbons (Fsp3) is 0.839. The van der Waals surface area contributed by atoms with E-state index in [1.165, 1.54) is 86.9 Å². The zero-order valence-electron chi connectivity index (χ0n) is 57.7. The van der Waals surface area contributed by atoms with Gasteiger partial charge in [0.15, 0.2) is 0 Å². The first-order valence-electron chi connectivity index (χ1n) is 34.6. The quantitative estimate of drug-likeness (QED) is 0.0448. The van der Waals surface area contributed by atoms with Gasteiger partial charge in [-0.1, -0.05) is 63.7 Å². The number of unbranched alkanes of at least 4 members (excludes halogenated alkanes) is 4. The number of amides is 6. The highest BCUT2D eigenvalue weighted by Crippen LogP contribution is 2.63. The van der Waals surface area contributed by atoms with E-state index in [4.69, 9.17) is 26.0 Å². The van der Waals surface area contributed by atoms with Gasteiger partial charge in [-0.05, 0) is 155 Å². The van der Waals surface area contributed by atoms with Crippen molar-refractivity contribution in [3.8, 4) is 0 Å². The van der Waals surface area contributed by atoms with Crippen molar-refractivity contribution in [1.29, 1.82) is 0 Å². The van der Waals surface area contributed by atoms with E-state index in [-0.39, 0.29) is 48.1 Å². The summed E-state index contributed by atoms with van der Waals surface area (Å²) in [5.41, 5.74) is -0.655. The predicted molar refractivity (Wildman–Crippen MR) is 336 cm³/mol. The van der Waals surface area contributed by atoms with E-state index >= 15 is 0 Å². The summed E-state index contributed by atoms with van der Waals surface area (Å²) in [7, 11) is -9.88. The van der Waals surface area contributed by atoms with Crippen molar-refractivity contribution in [2.45, 2.75) is 245 Å². The summed E-state index contributed by atoms with van der Waals surface area (Å²) >= 11 is 0. The maximum Gasteiger partial charge on any atom is 0.418 e. The first kappa shape index (κ1) is 70.4. The molecule has 2 aromatic rings. The smallest absolute Gasteiger partial charge is 0.418 e. The minimum atomic E-state index is -5.11. The molecule has 6 amide bonds. The van der Waals surface area contributed by atoms with E-state index in [1.54, 1.807) is 41.5 Å². The second-order valence-electron chi connectivity index (χ2n) is 28.6. The van der Waals surface area contributed by atoms with Crippen molar-refractivity contribution in [1.82, 2.24) is 50.7 Å². The number of quaternary nitrogens is 1. The molecule has 6 saturated heterocycles. The maximum absolute atomic E-state index is 13.3. The van der Waals surface area contributed by atoms with Crippen LogP contribution in [0.25, 0.3) is 0 Å². The van der Waals surface area contributed by atoms with E-state index in [0.717, 1.165) is 69.0 Å². The first-order chi connectivity index (χ1) is 43.9. The van der Waals surface area contributed by atoms with Crippen LogP contribution in [0.2, 0.25) is 0 Å². The van der Waals surface area contributed by atoms with Crippen LogP contribution in [0.4, 0.5) is 19.2 Å². The molecule has 4 bridgehead atoms. The van der Waals surface area contributed by atoms with Gasteiger partial charge in [0.05, 0.1) is 50.3 Å². The lowest BCUT2D eigenvalue weighted by atomic mass is 9.84. The summed E-state index contributed by atoms with van der Waals surface area (Å²) in [5, 5.41) is 16.9. The number of carbonyl (C=O) groups excluding carboxylic acids is 4. The predicted octanol–water partition coefficient (Wildman–Crippen LogP) is 9.45. The molecule has 518 valence electrons. The third-order valence-electron chi connectivity index (χ3n) is 19.4. The van der Waals surface area contributed by atoms with E-state index in [2.05, 4.69) is 57.2 Å². The van der Waals surface area contributed by atoms with Crippen LogP contribution in [-0.2, 0) is 51.7 Å². The highest BCUT2D eigenvalue weighted by Gasteiger charge is 2.66. The highest BCUT2D eigenvalue weighted by atomic mass is 32.3. The molecule has 4 atom stereocenters. The van der Waals surface area contributed by atoms with Crippen molar-refractivity contribution in [2.75, 3.05) is 78.5 Å². The number of hydrogen-bond donors (Lipinski definition) is 3. The number of ether oxygens (including phenoxy) is 2. The third-order valence-corrected chi connectivity index (χ3v) is 20.1. The van der Waals surface area contributed by atoms with E-state index < -0.39 is 62.2 Å². The van der Waals surface area contributed by atoms with Gasteiger partial charge >= 0.3 is 34.6 Å². The molecule has 6 aliphatic heterocycles. The van der Waals surface area contributed by atoms with Crippen molar-refractivity contribution < 1.29 is 79.7 Å². The normalized spacial score (nSPS) is 23.2. The molecule has 91 heavy (non-hydrogen) atoms. The van der Waals surface area contributed by atoms with Crippen molar-refractivity contribution in [2.24, 2.45) is 10.8 Å². The number of rotatable bonds is 26. The minimum Gasteiger partial charge on any atom is -0.724 e. The molecule has 2 aromatic heterocycles. The maximum atomic E-state index is 13.3. The number of aromatic nitrogens is 2. The molecule has 3 N–H and O–H groups in total. The molecule has 2 saturated carbocycles. The Hall–Kier alpha value is -4.88. The Morgan fingerprint density at radius 1 is 0.736 bits per heavy atom. The lowest BCUT2D eigenvalue weighted by Gasteiger charge is -2.39. The Kier molecular flexibility index (Phi) is 23.4. The van der Waals surface area contributed by atoms with Gasteiger partial charge in [0, 0.05) is 79.3 Å². The lowest BCUT2D eigenvalue weighted by molar-refractivity contribution is -0.929. The number of likely N-dealkylation sites (tertiary alicyclic amines) is 1. The lowest BCUT2D eigenvalue weighted by Crippen LogP contribution is -2.51. The number of piperidine rings is 4. The molecule has 0 unspecified atom stereocenters. The number of hydroxylamine groups is 4. The first-order valence-corrected chi connectivity index (χ1v) is 36.3. The molecule has 0 radical (unpaired) electrons. The van der Waals surface area contributed by atoms with Crippen LogP contribution in [0.5, 0.6) is 0 Å². The van der Waals surface area contributed by atoms with Crippen molar-refractivity contribution >= 4 is 45.0 Å². The summed E-state index contributed by atoms with van der Waals surface area (Å²) in [4.78, 5) is 58.0. The Labute approximate surface area is 542 Å². The van der Waals surface area contributed by atoms with Crippen LogP contribution >= 0.6 is 0 Å². The zero-order chi connectivity index (χ0) is 68.2. The molecule has 29 heteroatoms. The molecule has 8 fully saturated rings. The van der Waals surface area contributed by atoms with Gasteiger partial charge in [0.1, 0.15) is 34.1 Å². The average Bonchev–Trinajstić information content (AvgIpc) is 1.56. The van der Waals surface area contributed by atoms with Crippen LogP contribution in [0.15, 0.2) is 21.2 Å². The van der Waals surface area contributed by atoms with Crippen LogP contribution in [0.3, 0.4) is 0 Å². The molecule has 27 nitrogen and oxygen atoms in total. The molecule has 10 rings (SSSR count). The third kappa shape index (κ3) is 19.4. The second kappa shape index (κ2) is 30.2. The van der Waals surface area contributed by atoms with Crippen LogP contribution in [-0.4, -0.2) is 209 Å². The fourth-order valence-corrected chi connectivity index (χ4v) is 14.8. The van der Waals surface area contributed by atoms with Gasteiger partial charge in [-0.3, -0.25) is 4.55 Å². The van der Waals surface area contributed by atoms with Gasteiger partial charge in [0.2, 0.25) is 10.4 Å². The number of hydrogen-bond acceptors (Lipinski definition) is 19. The van der Waals surface area contributed by atoms with E-state index in [1.807, 2.05) is 26.8 Å². The van der Waals surface area contributed by atoms with Crippen LogP contribution in [0, 0.1) is 10.8 Å². The number of nitrogens with one attached hydrogen (secondary N) is 2. The molecular formula is C62H107N11O16S2. The summed E-state index contributed by atoms with van der Waals surface area (Å²) in [6.07, 6.45) is 19.1. The molecule has 8 aliphatic rings. The monoisotopic (exact) mass is 1330 g/mol. The molecule has 2 aliphatic carbocycles. The van der Waals surface area contributed by atoms with Gasteiger partial charge < -0.3 is 57.8 Å². The second-order valence-corrected chi connectivity index (χ2v) is 30.6. The minimum absolute atomic E-state index is 0.165. The Balaban J connectivity index is 0.000000215. The topological polar surface area (TPSA) is 312 Å². The number of fused-ring (bicyclic) bond motifs is 6. The van der Waals surface area contributed by atoms with E-state index in [9.17, 15) is 40.6 Å². The largest absolute Gasteiger partial charge is 0.724 e. The van der Waals surface area contributed by atoms with Crippen LogP contribution in [0.1, 0.15) is 223 Å². The van der Waals surface area contributed by atoms with Crippen molar-refractivity contribution in [3.63, 3.8) is 0 Å². The summed E-state index contributed by atoms with van der Waals surface area (Å²) < 4.78 is 108. The van der Waals surface area contributed by atoms with E-state index in [0.29, 0.717) is 86.4 Å². The number of carbonyl (C=O) groups is 4. The Morgan fingerprint density at radius 2 is 1.19 bits per heavy atom. The standard InChI is InChI=1S/C28H43N5O10S.C18H27N5O6S.C16H36N.H2/c1-26(2,3)40-24(35)30-12-7-18(8-13-30)31(25(36)41-27(4,5)6)14-9-19-15-20(29-42-19)21-16-28(10-11-28)22-17-32(21)23(34)33(22)43-44(37,38)39;24-17-22-11-16(23(17)29-30(25,26)27)18(4-5-18)10-15(22)14-9-13(28-21-14)3-8-20-12-1-6-19-7-2-12;1-5-9-13-17(14-10-6-2,15-11-7-3)16-12-8-4;/h15,18,21-22H,7-14,16-17H2,1-6H3,(H,37,38,39);9,12,15-16,19-20H,1-8,10-11H2,(H,25,26,27);5-16H2,1-4H3;1H/q;;+1;/p-1/t21-,22-;15-,16-;;/m00../s1/i;;;1+2T. The Morgan fingerprint density at radius 3 is 1.60 bits per heavy atom. The molecule has 2 spiro atoms. The van der Waals surface area contributed by atoms with Gasteiger partial charge in [-0.25, -0.2) is 27.6 Å². The number of urea groups is 2. The van der Waals surface area contributed by atoms with Crippen molar-refractivity contribution in [3.05, 3.63) is 35.0 Å². The average molecular weight is 1330 g/mol. The molecule has 8 heterocycles. The summed E-state index contributed by atoms with van der Waals surface area (Å²) in [6, 6.07) is 1.07. The highest BCUT2D eigenvalue weighted by molar-refractivity contribution is 7.81. The molecule has 0 aromatic carbocycles. The van der Waals surface area contributed by atoms with Gasteiger partial charge in [0.25, 0.3) is 0 Å². The number of nitrogens with zero attached hydrogens (tertiary/aromatic N) is 9. The van der Waals surface area contributed by atoms with Gasteiger partial charge in [-0.2, -0.15) is 22.8 Å². The van der Waals surface area contributed by atoms with Crippen LogP contribution < -0.4 is 10.6 Å². The zero-order valence-corrected chi connectivity index (χ0v) is 57.3. The SMILES string of the molecule is CC(C)(C)OC(=O)N1CCC(N(CCc2cc([C@@H]3CC4(CC4)[C@@H]4CN3C(=O)N4OS(=O)(=O)[O-])no2)C(=O)OC(C)(C)C)CC1.CCCC[N+](CCCC)(CCCC)CCCC.O=C1N2C[C@H](N1OS(=O)(=O)O)C1(CC1)C[C@H]2c1cc(CCNC2CCNCC2)on1.[3H][3H]. The van der Waals surface area contributed by atoms with Gasteiger partial charge in [-0.15, -0.1) is 4.28 Å². The fourth-order valence-electron chi connectivity index (χ4n) is 14.1. The summed E-state index contributed by atoms with van der Waals surface area (Å²) in [6.45, 7) is 30.5. The molecular weight excluding hydrogens is 1220 g/mol. The Bertz CT molecular complexity index is 2940.